The lowest BCUT2D eigenvalue weighted by Gasteiger charge is -2.04. The number of thioether (sulfide) groups is 1. The van der Waals surface area contributed by atoms with Crippen molar-refractivity contribution in [3.05, 3.63) is 32.2 Å². The molecule has 0 fully saturated rings. The monoisotopic (exact) mass is 426 g/mol. The molecule has 0 atom stereocenters. The van der Waals surface area contributed by atoms with Crippen LogP contribution in [0.4, 0.5) is 13.2 Å². The highest BCUT2D eigenvalue weighted by atomic mass is 79.9. The number of alkyl halides is 3. The van der Waals surface area contributed by atoms with Crippen LogP contribution in [0.3, 0.4) is 0 Å². The van der Waals surface area contributed by atoms with E-state index in [0.717, 1.165) is 4.68 Å². The maximum Gasteiger partial charge on any atom is 0.445 e. The van der Waals surface area contributed by atoms with Gasteiger partial charge in [-0.2, -0.15) is 23.3 Å². The summed E-state index contributed by atoms with van der Waals surface area (Å²) in [5, 5.41) is 2.28. The Hall–Kier alpha value is -1.20. The van der Waals surface area contributed by atoms with Crippen molar-refractivity contribution >= 4 is 44.9 Å². The molecule has 5 nitrogen and oxygen atoms in total. The van der Waals surface area contributed by atoms with Crippen LogP contribution in [-0.2, 0) is 13.2 Å². The number of aryl methyl sites for hydroxylation is 1. The summed E-state index contributed by atoms with van der Waals surface area (Å²) in [5.41, 5.74) is 0.0991. The van der Waals surface area contributed by atoms with E-state index in [2.05, 4.69) is 31.0 Å². The van der Waals surface area contributed by atoms with E-state index in [4.69, 9.17) is 0 Å². The van der Waals surface area contributed by atoms with Gasteiger partial charge in [-0.15, -0.1) is 11.8 Å². The minimum Gasteiger partial charge on any atom is -0.265 e. The molecular weight excluding hydrogens is 417 g/mol. The lowest BCUT2D eigenvalue weighted by Crippen LogP contribution is -2.15. The third-order valence-corrected chi connectivity index (χ3v) is 4.86. The zero-order chi connectivity index (χ0) is 17.2. The van der Waals surface area contributed by atoms with Gasteiger partial charge in [0.05, 0.1) is 0 Å². The van der Waals surface area contributed by atoms with Gasteiger partial charge in [-0.1, -0.05) is 18.3 Å². The number of carbonyl (C=O) groups is 1. The van der Waals surface area contributed by atoms with Gasteiger partial charge in [-0.25, -0.2) is 9.67 Å². The predicted octanol–water partition coefficient (Wildman–Crippen LogP) is 3.51. The molecule has 2 rings (SSSR count). The van der Waals surface area contributed by atoms with E-state index in [9.17, 15) is 18.0 Å². The highest BCUT2D eigenvalue weighted by molar-refractivity contribution is 9.10. The summed E-state index contributed by atoms with van der Waals surface area (Å²) in [6.07, 6.45) is -3.13. The number of halogens is 4. The third kappa shape index (κ3) is 4.42. The molecular formula is C12H10BrF3N4OS2. The number of rotatable bonds is 3. The maximum atomic E-state index is 12.6. The summed E-state index contributed by atoms with van der Waals surface area (Å²) in [7, 11) is 1.30. The van der Waals surface area contributed by atoms with Gasteiger partial charge in [0.15, 0.2) is 0 Å². The van der Waals surface area contributed by atoms with E-state index in [1.807, 2.05) is 6.92 Å². The number of carbonyl (C=O) groups excluding carboxylic acids is 1. The Labute approximate surface area is 145 Å². The van der Waals surface area contributed by atoms with E-state index in [0.29, 0.717) is 26.5 Å². The molecule has 0 aromatic carbocycles. The second-order valence-corrected chi connectivity index (χ2v) is 7.34. The van der Waals surface area contributed by atoms with E-state index in [1.165, 1.54) is 25.0 Å². The topological polar surface area (TPSA) is 60.1 Å². The molecule has 0 bridgehead atoms. The first-order valence-electron chi connectivity index (χ1n) is 6.21. The van der Waals surface area contributed by atoms with Crippen LogP contribution in [0.15, 0.2) is 26.6 Å². The number of hydrogen-bond donors (Lipinski definition) is 0. The smallest absolute Gasteiger partial charge is 0.265 e. The first-order valence-corrected chi connectivity index (χ1v) is 8.80. The van der Waals surface area contributed by atoms with Crippen LogP contribution in [0.25, 0.3) is 0 Å². The number of pyridine rings is 1. The molecule has 2 aromatic rings. The Morgan fingerprint density at radius 2 is 2.22 bits per heavy atom. The van der Waals surface area contributed by atoms with E-state index >= 15 is 0 Å². The van der Waals surface area contributed by atoms with Crippen molar-refractivity contribution in [3.8, 4) is 0 Å². The van der Waals surface area contributed by atoms with Crippen molar-refractivity contribution < 1.29 is 18.0 Å². The van der Waals surface area contributed by atoms with Crippen LogP contribution in [-0.4, -0.2) is 26.4 Å². The fourth-order valence-electron chi connectivity index (χ4n) is 1.55. The van der Waals surface area contributed by atoms with Gasteiger partial charge in [-0.3, -0.25) is 4.79 Å². The second kappa shape index (κ2) is 7.14. The van der Waals surface area contributed by atoms with Gasteiger partial charge in [-0.05, 0) is 27.7 Å². The second-order valence-electron chi connectivity index (χ2n) is 4.16. The molecule has 0 saturated carbocycles. The summed E-state index contributed by atoms with van der Waals surface area (Å²) in [5.74, 6) is 0.00625. The molecule has 0 N–H and O–H groups in total. The van der Waals surface area contributed by atoms with Crippen LogP contribution in [0.1, 0.15) is 22.4 Å². The lowest BCUT2D eigenvalue weighted by atomic mass is 10.3. The summed E-state index contributed by atoms with van der Waals surface area (Å²) in [6.45, 7) is 1.91. The molecule has 2 heterocycles. The fraction of sp³-hybridized carbons (Fsp3) is 0.333. The quantitative estimate of drug-likeness (QED) is 0.704. The minimum atomic E-state index is -4.57. The Morgan fingerprint density at radius 3 is 2.78 bits per heavy atom. The Morgan fingerprint density at radius 1 is 1.52 bits per heavy atom. The molecule has 2 aromatic heterocycles. The summed E-state index contributed by atoms with van der Waals surface area (Å²) in [6, 6.07) is 1.72. The fourth-order valence-corrected chi connectivity index (χ4v) is 3.58. The van der Waals surface area contributed by atoms with E-state index in [1.54, 1.807) is 6.07 Å². The zero-order valence-corrected chi connectivity index (χ0v) is 15.1. The summed E-state index contributed by atoms with van der Waals surface area (Å²) >= 11 is 4.97. The molecule has 0 aliphatic heterocycles. The van der Waals surface area contributed by atoms with Gasteiger partial charge >= 0.3 is 6.18 Å². The summed E-state index contributed by atoms with van der Waals surface area (Å²) < 4.78 is 39.5. The van der Waals surface area contributed by atoms with Gasteiger partial charge in [0.2, 0.25) is 9.81 Å². The average Bonchev–Trinajstić information content (AvgIpc) is 2.80. The van der Waals surface area contributed by atoms with Crippen molar-refractivity contribution in [1.29, 1.82) is 0 Å². The molecule has 0 saturated heterocycles. The molecule has 0 radical (unpaired) electrons. The van der Waals surface area contributed by atoms with Gasteiger partial charge < -0.3 is 0 Å². The molecule has 0 unspecified atom stereocenters. The highest BCUT2D eigenvalue weighted by Gasteiger charge is 2.35. The standard InChI is InChI=1S/C12H10BrF3N4OS2/c1-3-22-7-4-6(13)5-17-8(7)9(21)18-11-20(2)19-10(23-11)12(14,15)16/h4-5H,3H2,1-2H3/b18-11-. The molecule has 23 heavy (non-hydrogen) atoms. The molecule has 0 aliphatic rings. The predicted molar refractivity (Wildman–Crippen MR) is 84.3 cm³/mol. The molecule has 0 aliphatic carbocycles. The van der Waals surface area contributed by atoms with Crippen molar-refractivity contribution in [2.45, 2.75) is 18.0 Å². The number of nitrogens with zero attached hydrogens (tertiary/aromatic N) is 4. The Kier molecular flexibility index (Phi) is 5.63. The van der Waals surface area contributed by atoms with Crippen LogP contribution in [0.2, 0.25) is 0 Å². The molecule has 11 heteroatoms. The Bertz CT molecular complexity index is 800. The number of aromatic nitrogens is 3. The van der Waals surface area contributed by atoms with Gasteiger partial charge in [0.25, 0.3) is 5.91 Å². The maximum absolute atomic E-state index is 12.6. The lowest BCUT2D eigenvalue weighted by molar-refractivity contribution is -0.138. The van der Waals surface area contributed by atoms with E-state index < -0.39 is 17.1 Å². The molecule has 0 spiro atoms. The van der Waals surface area contributed by atoms with Crippen molar-refractivity contribution in [3.63, 3.8) is 0 Å². The van der Waals surface area contributed by atoms with Crippen LogP contribution >= 0.6 is 39.0 Å². The number of amides is 1. The van der Waals surface area contributed by atoms with Crippen molar-refractivity contribution in [2.75, 3.05) is 5.75 Å². The van der Waals surface area contributed by atoms with Gasteiger partial charge in [0, 0.05) is 22.6 Å². The average molecular weight is 427 g/mol. The Balaban J connectivity index is 2.45. The summed E-state index contributed by atoms with van der Waals surface area (Å²) in [4.78, 5) is 20.5. The third-order valence-electron chi connectivity index (χ3n) is 2.47. The van der Waals surface area contributed by atoms with Crippen LogP contribution < -0.4 is 4.80 Å². The van der Waals surface area contributed by atoms with Crippen molar-refractivity contribution in [2.24, 2.45) is 12.0 Å². The largest absolute Gasteiger partial charge is 0.445 e. The first-order chi connectivity index (χ1) is 10.7. The zero-order valence-electron chi connectivity index (χ0n) is 11.9. The molecule has 124 valence electrons. The van der Waals surface area contributed by atoms with Crippen LogP contribution in [0.5, 0.6) is 0 Å². The van der Waals surface area contributed by atoms with Crippen molar-refractivity contribution in [1.82, 2.24) is 14.8 Å². The SMILES string of the molecule is CCSc1cc(Br)cnc1C(=O)/N=c1\sc(C(F)(F)F)nn1C. The minimum absolute atomic E-state index is 0.0991. The van der Waals surface area contributed by atoms with Gasteiger partial charge in [0.1, 0.15) is 5.69 Å². The molecule has 1 amide bonds. The van der Waals surface area contributed by atoms with Crippen LogP contribution in [0, 0.1) is 0 Å². The highest BCUT2D eigenvalue weighted by Crippen LogP contribution is 2.29. The number of hydrogen-bond acceptors (Lipinski definition) is 5. The van der Waals surface area contributed by atoms with E-state index in [-0.39, 0.29) is 10.5 Å². The normalized spacial score (nSPS) is 12.7. The first kappa shape index (κ1) is 18.1.